The lowest BCUT2D eigenvalue weighted by molar-refractivity contribution is -0.129. The maximum atomic E-state index is 12.0. The number of rotatable bonds is 2. The third-order valence-electron chi connectivity index (χ3n) is 3.40. The number of hydrogen-bond donors (Lipinski definition) is 0. The summed E-state index contributed by atoms with van der Waals surface area (Å²) < 4.78 is 7.20. The number of fused-ring (bicyclic) bond motifs is 1. The van der Waals surface area contributed by atoms with Gasteiger partial charge in [-0.25, -0.2) is 14.8 Å². The van der Waals surface area contributed by atoms with E-state index in [1.54, 1.807) is 17.4 Å². The molecule has 0 spiro atoms. The van der Waals surface area contributed by atoms with E-state index in [2.05, 4.69) is 9.98 Å². The molecule has 3 heterocycles. The van der Waals surface area contributed by atoms with Gasteiger partial charge in [-0.3, -0.25) is 4.40 Å². The van der Waals surface area contributed by atoms with Crippen molar-refractivity contribution < 1.29 is 9.53 Å². The highest BCUT2D eigenvalue weighted by atomic mass is 32.1. The topological polar surface area (TPSA) is 56.0 Å². The lowest BCUT2D eigenvalue weighted by Gasteiger charge is -1.97. The van der Waals surface area contributed by atoms with E-state index >= 15 is 0 Å². The van der Waals surface area contributed by atoms with Gasteiger partial charge in [-0.1, -0.05) is 18.2 Å². The van der Waals surface area contributed by atoms with Gasteiger partial charge in [0.2, 0.25) is 5.90 Å². The van der Waals surface area contributed by atoms with Gasteiger partial charge >= 0.3 is 5.97 Å². The van der Waals surface area contributed by atoms with Crippen LogP contribution in [0.25, 0.3) is 11.0 Å². The van der Waals surface area contributed by atoms with Gasteiger partial charge in [0.1, 0.15) is 0 Å². The third kappa shape index (κ3) is 2.05. The molecule has 6 heteroatoms. The van der Waals surface area contributed by atoms with Crippen molar-refractivity contribution in [1.29, 1.82) is 0 Å². The van der Waals surface area contributed by atoms with E-state index in [4.69, 9.17) is 4.74 Å². The van der Waals surface area contributed by atoms with Gasteiger partial charge < -0.3 is 4.74 Å². The highest BCUT2D eigenvalue weighted by molar-refractivity contribution is 7.15. The Morgan fingerprint density at radius 2 is 2.09 bits per heavy atom. The van der Waals surface area contributed by atoms with Crippen LogP contribution >= 0.6 is 11.3 Å². The predicted molar refractivity (Wildman–Crippen MR) is 84.9 cm³/mol. The maximum absolute atomic E-state index is 12.0. The predicted octanol–water partition coefficient (Wildman–Crippen LogP) is 3.05. The zero-order valence-corrected chi connectivity index (χ0v) is 12.5. The Morgan fingerprint density at radius 1 is 1.27 bits per heavy atom. The van der Waals surface area contributed by atoms with Crippen LogP contribution in [0.3, 0.4) is 0 Å². The minimum atomic E-state index is -0.441. The third-order valence-corrected chi connectivity index (χ3v) is 4.15. The van der Waals surface area contributed by atoms with Crippen molar-refractivity contribution in [3.63, 3.8) is 0 Å². The van der Waals surface area contributed by atoms with E-state index in [1.807, 2.05) is 53.2 Å². The maximum Gasteiger partial charge on any atom is 0.363 e. The number of nitrogens with zero attached hydrogens (tertiary/aromatic N) is 3. The number of cyclic esters (lactones) is 1. The lowest BCUT2D eigenvalue weighted by atomic mass is 10.2. The van der Waals surface area contributed by atoms with Crippen LogP contribution in [0.15, 0.2) is 52.6 Å². The van der Waals surface area contributed by atoms with Crippen molar-refractivity contribution in [3.8, 4) is 0 Å². The Kier molecular flexibility index (Phi) is 2.90. The summed E-state index contributed by atoms with van der Waals surface area (Å²) in [7, 11) is 0. The molecule has 108 valence electrons. The summed E-state index contributed by atoms with van der Waals surface area (Å²) in [6, 6.07) is 9.37. The van der Waals surface area contributed by atoms with Gasteiger partial charge in [-0.05, 0) is 25.1 Å². The molecule has 0 aliphatic carbocycles. The minimum Gasteiger partial charge on any atom is -0.402 e. The Balaban J connectivity index is 1.79. The first kappa shape index (κ1) is 13.0. The summed E-state index contributed by atoms with van der Waals surface area (Å²) in [4.78, 5) is 21.7. The Morgan fingerprint density at radius 3 is 2.91 bits per heavy atom. The van der Waals surface area contributed by atoms with Crippen LogP contribution < -0.4 is 0 Å². The van der Waals surface area contributed by atoms with Crippen molar-refractivity contribution in [1.82, 2.24) is 9.38 Å². The molecule has 0 fully saturated rings. The molecule has 22 heavy (non-hydrogen) atoms. The van der Waals surface area contributed by atoms with E-state index in [9.17, 15) is 4.79 Å². The highest BCUT2D eigenvalue weighted by Crippen LogP contribution is 2.23. The van der Waals surface area contributed by atoms with Crippen LogP contribution in [0.4, 0.5) is 0 Å². The van der Waals surface area contributed by atoms with Crippen molar-refractivity contribution in [2.24, 2.45) is 4.99 Å². The van der Waals surface area contributed by atoms with E-state index in [0.717, 1.165) is 21.9 Å². The molecular weight excluding hydrogens is 298 g/mol. The molecule has 2 aromatic heterocycles. The number of esters is 1. The number of aryl methyl sites for hydroxylation is 1. The first-order valence-electron chi connectivity index (χ1n) is 6.72. The van der Waals surface area contributed by atoms with E-state index in [0.29, 0.717) is 5.90 Å². The quantitative estimate of drug-likeness (QED) is 0.540. The number of benzene rings is 1. The normalized spacial score (nSPS) is 16.3. The number of aromatic nitrogens is 2. The number of carbonyl (C=O) groups is 1. The van der Waals surface area contributed by atoms with E-state index in [-0.39, 0.29) is 5.70 Å². The van der Waals surface area contributed by atoms with Crippen molar-refractivity contribution in [3.05, 3.63) is 64.6 Å². The molecular formula is C16H11N3O2S. The largest absolute Gasteiger partial charge is 0.402 e. The Bertz CT molecular complexity index is 935. The van der Waals surface area contributed by atoms with Gasteiger partial charge in [0.05, 0.1) is 11.4 Å². The molecule has 1 aromatic carbocycles. The number of hydrogen-bond acceptors (Lipinski definition) is 5. The average molecular weight is 309 g/mol. The molecule has 5 nitrogen and oxygen atoms in total. The fraction of sp³-hybridized carbons (Fsp3) is 0.0625. The van der Waals surface area contributed by atoms with Crippen molar-refractivity contribution >= 4 is 34.2 Å². The second-order valence-electron chi connectivity index (χ2n) is 4.84. The standard InChI is InChI=1S/C16H11N3O2S/c1-10-13(19-7-8-22-16(19)17-10)9-12-15(20)21-14(18-12)11-5-3-2-4-6-11/h2-9H,1H3/b12-9+. The first-order valence-corrected chi connectivity index (χ1v) is 7.60. The molecule has 0 amide bonds. The molecule has 1 aliphatic rings. The summed E-state index contributed by atoms with van der Waals surface area (Å²) in [5.74, 6) is -0.107. The number of imidazole rings is 1. The van der Waals surface area contributed by atoms with Gasteiger partial charge in [-0.2, -0.15) is 0 Å². The smallest absolute Gasteiger partial charge is 0.363 e. The number of ether oxygens (including phenoxy) is 1. The summed E-state index contributed by atoms with van der Waals surface area (Å²) in [5, 5.41) is 1.95. The molecule has 0 bridgehead atoms. The summed E-state index contributed by atoms with van der Waals surface area (Å²) in [6.07, 6.45) is 3.65. The van der Waals surface area contributed by atoms with Gasteiger partial charge in [0.25, 0.3) is 0 Å². The molecule has 4 rings (SSSR count). The summed E-state index contributed by atoms with van der Waals surface area (Å²) in [5.41, 5.74) is 2.77. The van der Waals surface area contributed by atoms with Crippen molar-refractivity contribution in [2.45, 2.75) is 6.92 Å². The number of thiazole rings is 1. The zero-order valence-electron chi connectivity index (χ0n) is 11.7. The minimum absolute atomic E-state index is 0.287. The summed E-state index contributed by atoms with van der Waals surface area (Å²) in [6.45, 7) is 1.91. The van der Waals surface area contributed by atoms with E-state index in [1.165, 1.54) is 0 Å². The van der Waals surface area contributed by atoms with Crippen molar-refractivity contribution in [2.75, 3.05) is 0 Å². The molecule has 0 unspecified atom stereocenters. The second kappa shape index (κ2) is 4.92. The van der Waals surface area contributed by atoms with Crippen LogP contribution in [0.1, 0.15) is 17.0 Å². The molecule has 0 saturated heterocycles. The Hall–Kier alpha value is -2.73. The monoisotopic (exact) mass is 309 g/mol. The lowest BCUT2D eigenvalue weighted by Crippen LogP contribution is -2.05. The molecule has 0 radical (unpaired) electrons. The zero-order chi connectivity index (χ0) is 15.1. The fourth-order valence-corrected chi connectivity index (χ4v) is 3.09. The molecule has 0 N–H and O–H groups in total. The van der Waals surface area contributed by atoms with Crippen LogP contribution in [0.2, 0.25) is 0 Å². The first-order chi connectivity index (χ1) is 10.7. The van der Waals surface area contributed by atoms with Crippen LogP contribution in [0.5, 0.6) is 0 Å². The van der Waals surface area contributed by atoms with Crippen LogP contribution in [0, 0.1) is 6.92 Å². The van der Waals surface area contributed by atoms with Crippen LogP contribution in [-0.4, -0.2) is 21.3 Å². The van der Waals surface area contributed by atoms with E-state index < -0.39 is 5.97 Å². The van der Waals surface area contributed by atoms with Gasteiger partial charge in [0.15, 0.2) is 10.7 Å². The second-order valence-corrected chi connectivity index (χ2v) is 5.71. The highest BCUT2D eigenvalue weighted by Gasteiger charge is 2.24. The Labute approximate surface area is 130 Å². The van der Waals surface area contributed by atoms with Gasteiger partial charge in [0, 0.05) is 17.1 Å². The number of aliphatic imine (C=N–C) groups is 1. The molecule has 3 aromatic rings. The molecule has 1 aliphatic heterocycles. The van der Waals surface area contributed by atoms with Gasteiger partial charge in [-0.15, -0.1) is 11.3 Å². The molecule has 0 saturated carbocycles. The SMILES string of the molecule is Cc1nc2sccn2c1/C=C1/N=C(c2ccccc2)OC1=O. The summed E-state index contributed by atoms with van der Waals surface area (Å²) >= 11 is 1.55. The van der Waals surface area contributed by atoms with Crippen LogP contribution in [-0.2, 0) is 9.53 Å². The number of carbonyl (C=O) groups excluding carboxylic acids is 1. The fourth-order valence-electron chi connectivity index (χ4n) is 2.33. The molecule has 0 atom stereocenters. The average Bonchev–Trinajstić information content (AvgIpc) is 3.19.